The average Bonchev–Trinajstić information content (AvgIpc) is 3.24. The van der Waals surface area contributed by atoms with Crippen molar-refractivity contribution in [2.45, 2.75) is 32.0 Å². The first-order valence-corrected chi connectivity index (χ1v) is 11.7. The third-order valence-corrected chi connectivity index (χ3v) is 6.74. The first-order valence-electron chi connectivity index (χ1n) is 10.4. The third-order valence-electron chi connectivity index (χ3n) is 5.54. The van der Waals surface area contributed by atoms with Gasteiger partial charge in [-0.3, -0.25) is 4.79 Å². The Bertz CT molecular complexity index is 1050. The number of nitrogens with one attached hydrogen (secondary N) is 1. The van der Waals surface area contributed by atoms with Gasteiger partial charge in [0.2, 0.25) is 0 Å². The van der Waals surface area contributed by atoms with Crippen molar-refractivity contribution < 1.29 is 14.6 Å². The Morgan fingerprint density at radius 1 is 1.32 bits per heavy atom. The molecule has 164 valence electrons. The average molecular weight is 460 g/mol. The van der Waals surface area contributed by atoms with E-state index < -0.39 is 6.10 Å². The fraction of sp³-hybridized carbons (Fsp3) is 0.391. The van der Waals surface area contributed by atoms with E-state index in [4.69, 9.17) is 16.3 Å². The Labute approximate surface area is 190 Å². The van der Waals surface area contributed by atoms with Gasteiger partial charge in [-0.2, -0.15) is 0 Å². The lowest BCUT2D eigenvalue weighted by atomic mass is 10.1. The predicted molar refractivity (Wildman–Crippen MR) is 124 cm³/mol. The number of hydrogen-bond donors (Lipinski definition) is 2. The van der Waals surface area contributed by atoms with Crippen LogP contribution in [-0.2, 0) is 0 Å². The van der Waals surface area contributed by atoms with Crippen molar-refractivity contribution in [3.63, 3.8) is 0 Å². The number of piperidine rings is 1. The molecule has 1 amide bonds. The molecule has 3 aromatic rings. The summed E-state index contributed by atoms with van der Waals surface area (Å²) >= 11 is 7.68. The third kappa shape index (κ3) is 5.74. The number of aliphatic hydroxyl groups excluding tert-OH is 1. The molecule has 2 N–H and O–H groups in total. The Hall–Kier alpha value is -2.19. The van der Waals surface area contributed by atoms with Crippen LogP contribution in [0.1, 0.15) is 28.8 Å². The number of hydrogen-bond acceptors (Lipinski definition) is 6. The van der Waals surface area contributed by atoms with E-state index in [-0.39, 0.29) is 18.6 Å². The molecule has 1 aromatic heterocycles. The minimum absolute atomic E-state index is 0.147. The number of benzene rings is 2. The lowest BCUT2D eigenvalue weighted by Gasteiger charge is -2.33. The Morgan fingerprint density at radius 3 is 2.90 bits per heavy atom. The quantitative estimate of drug-likeness (QED) is 0.560. The molecule has 0 saturated carbocycles. The molecule has 0 aliphatic carbocycles. The zero-order valence-corrected chi connectivity index (χ0v) is 19.0. The second kappa shape index (κ2) is 9.96. The van der Waals surface area contributed by atoms with Crippen LogP contribution < -0.4 is 10.1 Å². The standard InChI is InChI=1S/C23H26ClN3O3S/c1-15-2-4-19(11-20(15)24)30-18-6-8-27(9-7-18)13-17(28)12-25-23(29)16-3-5-21-22(10-16)31-14-26-21/h2-5,10-11,14,17-18,28H,6-9,12-13H2,1H3,(H,25,29)/t17-/m1/s1. The molecule has 1 fully saturated rings. The fourth-order valence-corrected chi connectivity index (χ4v) is 4.61. The van der Waals surface area contributed by atoms with Crippen LogP contribution >= 0.6 is 22.9 Å². The fourth-order valence-electron chi connectivity index (χ4n) is 3.72. The largest absolute Gasteiger partial charge is 0.490 e. The van der Waals surface area contributed by atoms with E-state index in [1.54, 1.807) is 11.6 Å². The molecule has 2 aromatic carbocycles. The van der Waals surface area contributed by atoms with Crippen LogP contribution in [0.3, 0.4) is 0 Å². The van der Waals surface area contributed by atoms with Gasteiger partial charge in [0, 0.05) is 36.8 Å². The number of fused-ring (bicyclic) bond motifs is 1. The second-order valence-electron chi connectivity index (χ2n) is 7.93. The number of nitrogens with zero attached hydrogens (tertiary/aromatic N) is 2. The van der Waals surface area contributed by atoms with Gasteiger partial charge in [0.25, 0.3) is 5.91 Å². The molecule has 4 rings (SSSR count). The molecule has 0 spiro atoms. The van der Waals surface area contributed by atoms with Crippen molar-refractivity contribution in [1.82, 2.24) is 15.2 Å². The number of amides is 1. The molecule has 1 aliphatic heterocycles. The number of thiazole rings is 1. The van der Waals surface area contributed by atoms with Gasteiger partial charge < -0.3 is 20.1 Å². The SMILES string of the molecule is Cc1ccc(OC2CCN(C[C@H](O)CNC(=O)c3ccc4ncsc4c3)CC2)cc1Cl. The molecule has 8 heteroatoms. The molecule has 1 aliphatic rings. The normalized spacial score (nSPS) is 16.4. The van der Waals surface area contributed by atoms with Crippen LogP contribution in [0.25, 0.3) is 10.2 Å². The molecule has 1 atom stereocenters. The number of rotatable bonds is 7. The number of β-amino-alcohol motifs (C(OH)–C–C–N with tert-alkyl or cyclic N) is 1. The van der Waals surface area contributed by atoms with Gasteiger partial charge in [-0.05, 0) is 55.7 Å². The van der Waals surface area contributed by atoms with Crippen LogP contribution in [0, 0.1) is 6.92 Å². The van der Waals surface area contributed by atoms with Crippen LogP contribution in [0.15, 0.2) is 41.9 Å². The second-order valence-corrected chi connectivity index (χ2v) is 9.22. The van der Waals surface area contributed by atoms with Crippen molar-refractivity contribution in [2.24, 2.45) is 0 Å². The molecule has 0 bridgehead atoms. The summed E-state index contributed by atoms with van der Waals surface area (Å²) < 4.78 is 7.04. The van der Waals surface area contributed by atoms with Crippen molar-refractivity contribution >= 4 is 39.1 Å². The molecule has 31 heavy (non-hydrogen) atoms. The van der Waals surface area contributed by atoms with Gasteiger partial charge in [0.05, 0.1) is 21.8 Å². The van der Waals surface area contributed by atoms with Crippen molar-refractivity contribution in [3.8, 4) is 5.75 Å². The monoisotopic (exact) mass is 459 g/mol. The summed E-state index contributed by atoms with van der Waals surface area (Å²) in [5, 5.41) is 13.9. The van der Waals surface area contributed by atoms with Gasteiger partial charge in [-0.15, -0.1) is 11.3 Å². The maximum atomic E-state index is 12.4. The first kappa shape index (κ1) is 22.0. The van der Waals surface area contributed by atoms with E-state index in [1.807, 2.05) is 37.3 Å². The number of ether oxygens (including phenoxy) is 1. The van der Waals surface area contributed by atoms with E-state index in [1.165, 1.54) is 11.3 Å². The van der Waals surface area contributed by atoms with E-state index in [0.29, 0.717) is 17.1 Å². The highest BCUT2D eigenvalue weighted by atomic mass is 35.5. The molecule has 0 unspecified atom stereocenters. The Kier molecular flexibility index (Phi) is 7.07. The minimum Gasteiger partial charge on any atom is -0.490 e. The number of halogens is 1. The maximum Gasteiger partial charge on any atom is 0.251 e. The number of carbonyl (C=O) groups is 1. The number of carbonyl (C=O) groups excluding carboxylic acids is 1. The Balaban J connectivity index is 1.19. The number of aryl methyl sites for hydroxylation is 1. The molecule has 6 nitrogen and oxygen atoms in total. The van der Waals surface area contributed by atoms with Crippen LogP contribution in [0.5, 0.6) is 5.75 Å². The molecule has 0 radical (unpaired) electrons. The molecular formula is C23H26ClN3O3S. The summed E-state index contributed by atoms with van der Waals surface area (Å²) in [6.45, 7) is 4.40. The van der Waals surface area contributed by atoms with Crippen LogP contribution in [0.2, 0.25) is 5.02 Å². The zero-order valence-electron chi connectivity index (χ0n) is 17.4. The molecule has 1 saturated heterocycles. The smallest absolute Gasteiger partial charge is 0.251 e. The van der Waals surface area contributed by atoms with Gasteiger partial charge in [0.15, 0.2) is 0 Å². The first-order chi connectivity index (χ1) is 15.0. The summed E-state index contributed by atoms with van der Waals surface area (Å²) in [7, 11) is 0. The van der Waals surface area contributed by atoms with Gasteiger partial charge in [0.1, 0.15) is 11.9 Å². The number of likely N-dealkylation sites (tertiary alicyclic amines) is 1. The lowest BCUT2D eigenvalue weighted by molar-refractivity contribution is 0.0594. The summed E-state index contributed by atoms with van der Waals surface area (Å²) in [4.78, 5) is 18.8. The topological polar surface area (TPSA) is 74.7 Å². The van der Waals surface area contributed by atoms with Crippen molar-refractivity contribution in [1.29, 1.82) is 0 Å². The highest BCUT2D eigenvalue weighted by Crippen LogP contribution is 2.25. The number of aromatic nitrogens is 1. The number of aliphatic hydroxyl groups is 1. The Morgan fingerprint density at radius 2 is 2.13 bits per heavy atom. The van der Waals surface area contributed by atoms with Crippen molar-refractivity contribution in [3.05, 3.63) is 58.1 Å². The highest BCUT2D eigenvalue weighted by Gasteiger charge is 2.22. The van der Waals surface area contributed by atoms with E-state index in [2.05, 4.69) is 15.2 Å². The summed E-state index contributed by atoms with van der Waals surface area (Å²) in [6.07, 6.45) is 1.30. The van der Waals surface area contributed by atoms with Crippen molar-refractivity contribution in [2.75, 3.05) is 26.2 Å². The van der Waals surface area contributed by atoms with Gasteiger partial charge in [-0.1, -0.05) is 17.7 Å². The van der Waals surface area contributed by atoms with Gasteiger partial charge in [-0.25, -0.2) is 4.98 Å². The van der Waals surface area contributed by atoms with Gasteiger partial charge >= 0.3 is 0 Å². The van der Waals surface area contributed by atoms with Crippen LogP contribution in [-0.4, -0.2) is 59.3 Å². The lowest BCUT2D eigenvalue weighted by Crippen LogP contribution is -2.45. The maximum absolute atomic E-state index is 12.4. The minimum atomic E-state index is -0.621. The summed E-state index contributed by atoms with van der Waals surface area (Å²) in [5.74, 6) is 0.617. The summed E-state index contributed by atoms with van der Waals surface area (Å²) in [6, 6.07) is 11.2. The molecule has 2 heterocycles. The molecular weight excluding hydrogens is 434 g/mol. The highest BCUT2D eigenvalue weighted by molar-refractivity contribution is 7.16. The van der Waals surface area contributed by atoms with Crippen LogP contribution in [0.4, 0.5) is 0 Å². The van der Waals surface area contributed by atoms with E-state index in [0.717, 1.165) is 47.5 Å². The van der Waals surface area contributed by atoms with E-state index >= 15 is 0 Å². The van der Waals surface area contributed by atoms with E-state index in [9.17, 15) is 9.90 Å². The summed E-state index contributed by atoms with van der Waals surface area (Å²) in [5.41, 5.74) is 4.27. The zero-order chi connectivity index (χ0) is 21.8. The predicted octanol–water partition coefficient (Wildman–Crippen LogP) is 3.89.